The number of anilines is 2. The Morgan fingerprint density at radius 3 is 2.67 bits per heavy atom. The van der Waals surface area contributed by atoms with Crippen LogP contribution < -0.4 is 11.1 Å². The van der Waals surface area contributed by atoms with Crippen molar-refractivity contribution in [3.05, 3.63) is 41.5 Å². The van der Waals surface area contributed by atoms with Crippen molar-refractivity contribution < 1.29 is 0 Å². The van der Waals surface area contributed by atoms with Gasteiger partial charge in [0.15, 0.2) is 0 Å². The van der Waals surface area contributed by atoms with E-state index in [9.17, 15) is 0 Å². The molecule has 0 aliphatic carbocycles. The van der Waals surface area contributed by atoms with Crippen LogP contribution in [0.4, 0.5) is 11.6 Å². The van der Waals surface area contributed by atoms with Gasteiger partial charge in [0, 0.05) is 11.8 Å². The molecule has 0 radical (unpaired) electrons. The van der Waals surface area contributed by atoms with Gasteiger partial charge in [0.1, 0.15) is 17.5 Å². The lowest BCUT2D eigenvalue weighted by Gasteiger charge is -2.16. The Morgan fingerprint density at radius 1 is 1.22 bits per heavy atom. The standard InChI is InChI=1S/C13H17N5/c1-8-12(14)17-10(3)18-13(8)16-9(2)11-6-4-5-7-15-11/h4-7,9H,1-3H3,(H3,14,16,17,18). The van der Waals surface area contributed by atoms with Gasteiger partial charge in [-0.1, -0.05) is 6.07 Å². The monoisotopic (exact) mass is 243 g/mol. The van der Waals surface area contributed by atoms with Gasteiger partial charge < -0.3 is 11.1 Å². The summed E-state index contributed by atoms with van der Waals surface area (Å²) >= 11 is 0. The highest BCUT2D eigenvalue weighted by Crippen LogP contribution is 2.21. The smallest absolute Gasteiger partial charge is 0.135 e. The van der Waals surface area contributed by atoms with E-state index in [1.165, 1.54) is 0 Å². The number of nitrogens with zero attached hydrogens (tertiary/aromatic N) is 3. The Balaban J connectivity index is 2.24. The van der Waals surface area contributed by atoms with Gasteiger partial charge in [-0.3, -0.25) is 4.98 Å². The van der Waals surface area contributed by atoms with Crippen LogP contribution >= 0.6 is 0 Å². The molecule has 0 saturated heterocycles. The largest absolute Gasteiger partial charge is 0.383 e. The molecule has 2 aromatic rings. The molecule has 2 aromatic heterocycles. The Kier molecular flexibility index (Phi) is 3.41. The molecule has 1 unspecified atom stereocenters. The fourth-order valence-corrected chi connectivity index (χ4v) is 1.70. The minimum atomic E-state index is 0.0681. The van der Waals surface area contributed by atoms with E-state index in [0.717, 1.165) is 17.1 Å². The summed E-state index contributed by atoms with van der Waals surface area (Å²) in [7, 11) is 0. The summed E-state index contributed by atoms with van der Waals surface area (Å²) in [4.78, 5) is 12.8. The first-order valence-electron chi connectivity index (χ1n) is 5.86. The molecule has 0 saturated carbocycles. The molecule has 0 spiro atoms. The van der Waals surface area contributed by atoms with Gasteiger partial charge in [-0.15, -0.1) is 0 Å². The summed E-state index contributed by atoms with van der Waals surface area (Å²) in [6.07, 6.45) is 1.78. The lowest BCUT2D eigenvalue weighted by Crippen LogP contribution is -2.12. The first-order valence-corrected chi connectivity index (χ1v) is 5.86. The molecule has 0 amide bonds. The molecule has 5 heteroatoms. The number of pyridine rings is 1. The normalized spacial score (nSPS) is 12.2. The molecule has 2 rings (SSSR count). The zero-order valence-electron chi connectivity index (χ0n) is 10.8. The van der Waals surface area contributed by atoms with E-state index in [4.69, 9.17) is 5.73 Å². The Bertz CT molecular complexity index is 539. The van der Waals surface area contributed by atoms with Gasteiger partial charge >= 0.3 is 0 Å². The predicted molar refractivity (Wildman–Crippen MR) is 72.2 cm³/mol. The molecule has 0 aliphatic rings. The van der Waals surface area contributed by atoms with Crippen LogP contribution in [0.15, 0.2) is 24.4 Å². The topological polar surface area (TPSA) is 76.7 Å². The van der Waals surface area contributed by atoms with Gasteiger partial charge in [-0.05, 0) is 32.9 Å². The number of hydrogen-bond donors (Lipinski definition) is 2. The van der Waals surface area contributed by atoms with E-state index in [2.05, 4.69) is 20.3 Å². The molecular weight excluding hydrogens is 226 g/mol. The Morgan fingerprint density at radius 2 is 2.00 bits per heavy atom. The maximum atomic E-state index is 5.83. The number of rotatable bonds is 3. The van der Waals surface area contributed by atoms with E-state index < -0.39 is 0 Å². The number of nitrogen functional groups attached to an aromatic ring is 1. The molecule has 18 heavy (non-hydrogen) atoms. The zero-order chi connectivity index (χ0) is 13.1. The second kappa shape index (κ2) is 5.00. The number of aryl methyl sites for hydroxylation is 1. The Labute approximate surface area is 106 Å². The van der Waals surface area contributed by atoms with Crippen LogP contribution in [0, 0.1) is 13.8 Å². The van der Waals surface area contributed by atoms with E-state index in [0.29, 0.717) is 11.6 Å². The summed E-state index contributed by atoms with van der Waals surface area (Å²) in [5.74, 6) is 1.94. The minimum absolute atomic E-state index is 0.0681. The SMILES string of the molecule is Cc1nc(N)c(C)c(NC(C)c2ccccn2)n1. The molecule has 0 aromatic carbocycles. The predicted octanol–water partition coefficient (Wildman–Crippen LogP) is 2.24. The first-order chi connectivity index (χ1) is 8.58. The molecule has 2 heterocycles. The van der Waals surface area contributed by atoms with Crippen LogP contribution in [0.1, 0.15) is 30.0 Å². The fraction of sp³-hybridized carbons (Fsp3) is 0.308. The van der Waals surface area contributed by atoms with Crippen LogP contribution in [-0.4, -0.2) is 15.0 Å². The highest BCUT2D eigenvalue weighted by Gasteiger charge is 2.11. The third kappa shape index (κ3) is 2.56. The van der Waals surface area contributed by atoms with Crippen molar-refractivity contribution in [2.75, 3.05) is 11.1 Å². The van der Waals surface area contributed by atoms with Gasteiger partial charge in [0.05, 0.1) is 11.7 Å². The van der Waals surface area contributed by atoms with Crippen molar-refractivity contribution in [1.82, 2.24) is 15.0 Å². The molecular formula is C13H17N5. The summed E-state index contributed by atoms with van der Waals surface area (Å²) in [5, 5.41) is 3.31. The molecule has 94 valence electrons. The van der Waals surface area contributed by atoms with Crippen molar-refractivity contribution in [2.24, 2.45) is 0 Å². The highest BCUT2D eigenvalue weighted by atomic mass is 15.1. The van der Waals surface area contributed by atoms with E-state index >= 15 is 0 Å². The van der Waals surface area contributed by atoms with Gasteiger partial charge in [-0.25, -0.2) is 9.97 Å². The zero-order valence-corrected chi connectivity index (χ0v) is 10.8. The summed E-state index contributed by atoms with van der Waals surface area (Å²) < 4.78 is 0. The van der Waals surface area contributed by atoms with Crippen molar-refractivity contribution >= 4 is 11.6 Å². The summed E-state index contributed by atoms with van der Waals surface area (Å²) in [6.45, 7) is 5.77. The van der Waals surface area contributed by atoms with Gasteiger partial charge in [-0.2, -0.15) is 0 Å². The number of aromatic nitrogens is 3. The lowest BCUT2D eigenvalue weighted by molar-refractivity contribution is 0.825. The van der Waals surface area contributed by atoms with Crippen LogP contribution in [-0.2, 0) is 0 Å². The second-order valence-electron chi connectivity index (χ2n) is 4.25. The number of hydrogen-bond acceptors (Lipinski definition) is 5. The van der Waals surface area contributed by atoms with Crippen LogP contribution in [0.2, 0.25) is 0 Å². The van der Waals surface area contributed by atoms with E-state index in [1.54, 1.807) is 6.20 Å². The minimum Gasteiger partial charge on any atom is -0.383 e. The number of nitrogens with one attached hydrogen (secondary N) is 1. The first kappa shape index (κ1) is 12.3. The van der Waals surface area contributed by atoms with Crippen molar-refractivity contribution in [3.8, 4) is 0 Å². The number of nitrogens with two attached hydrogens (primary N) is 1. The van der Waals surface area contributed by atoms with Gasteiger partial charge in [0.2, 0.25) is 0 Å². The van der Waals surface area contributed by atoms with E-state index in [1.807, 2.05) is 39.0 Å². The van der Waals surface area contributed by atoms with Crippen LogP contribution in [0.25, 0.3) is 0 Å². The summed E-state index contributed by atoms with van der Waals surface area (Å²) in [6, 6.07) is 5.91. The third-order valence-electron chi connectivity index (χ3n) is 2.78. The fourth-order valence-electron chi connectivity index (χ4n) is 1.70. The molecule has 0 fully saturated rings. The highest BCUT2D eigenvalue weighted by molar-refractivity contribution is 5.55. The molecule has 5 nitrogen and oxygen atoms in total. The van der Waals surface area contributed by atoms with Crippen LogP contribution in [0.5, 0.6) is 0 Å². The van der Waals surface area contributed by atoms with Gasteiger partial charge in [0.25, 0.3) is 0 Å². The Hall–Kier alpha value is -2.17. The molecule has 0 aliphatic heterocycles. The molecule has 1 atom stereocenters. The van der Waals surface area contributed by atoms with Crippen molar-refractivity contribution in [3.63, 3.8) is 0 Å². The molecule has 0 bridgehead atoms. The summed E-state index contributed by atoms with van der Waals surface area (Å²) in [5.41, 5.74) is 7.66. The quantitative estimate of drug-likeness (QED) is 0.864. The average Bonchev–Trinajstić information content (AvgIpc) is 2.36. The lowest BCUT2D eigenvalue weighted by atomic mass is 10.2. The van der Waals surface area contributed by atoms with Crippen molar-refractivity contribution in [1.29, 1.82) is 0 Å². The maximum absolute atomic E-state index is 5.83. The maximum Gasteiger partial charge on any atom is 0.135 e. The third-order valence-corrected chi connectivity index (χ3v) is 2.78. The van der Waals surface area contributed by atoms with Crippen molar-refractivity contribution in [2.45, 2.75) is 26.8 Å². The van der Waals surface area contributed by atoms with Crippen LogP contribution in [0.3, 0.4) is 0 Å². The second-order valence-corrected chi connectivity index (χ2v) is 4.25. The van der Waals surface area contributed by atoms with E-state index in [-0.39, 0.29) is 6.04 Å². The average molecular weight is 243 g/mol. The molecule has 3 N–H and O–H groups in total.